The molecule has 0 bridgehead atoms. The van der Waals surface area contributed by atoms with Gasteiger partial charge in [0.1, 0.15) is 0 Å². The van der Waals surface area contributed by atoms with Crippen molar-refractivity contribution in [1.82, 2.24) is 14.9 Å². The third-order valence-corrected chi connectivity index (χ3v) is 5.66. The average molecular weight is 434 g/mol. The van der Waals surface area contributed by atoms with Crippen molar-refractivity contribution in [1.29, 1.82) is 0 Å². The van der Waals surface area contributed by atoms with Crippen LogP contribution in [-0.4, -0.2) is 53.6 Å². The van der Waals surface area contributed by atoms with Crippen molar-refractivity contribution in [3.8, 4) is 11.6 Å². The Labute approximate surface area is 185 Å². The van der Waals surface area contributed by atoms with Gasteiger partial charge in [0.2, 0.25) is 11.8 Å². The Kier molecular flexibility index (Phi) is 5.68. The second-order valence-electron chi connectivity index (χ2n) is 7.73. The van der Waals surface area contributed by atoms with E-state index in [0.29, 0.717) is 62.9 Å². The van der Waals surface area contributed by atoms with E-state index in [1.165, 1.54) is 6.07 Å². The van der Waals surface area contributed by atoms with Gasteiger partial charge in [0.25, 0.3) is 5.91 Å². The third-order valence-electron chi connectivity index (χ3n) is 5.66. The largest absolute Gasteiger partial charge is 0.435 e. The molecule has 5 rings (SSSR count). The zero-order valence-corrected chi connectivity index (χ0v) is 17.5. The van der Waals surface area contributed by atoms with Crippen LogP contribution in [0.5, 0.6) is 11.6 Å². The molecule has 1 aromatic heterocycles. The summed E-state index contributed by atoms with van der Waals surface area (Å²) in [6, 6.07) is 15.4. The maximum Gasteiger partial charge on any atom is 0.254 e. The highest BCUT2D eigenvalue weighted by molar-refractivity contribution is 5.94. The highest BCUT2D eigenvalue weighted by Gasteiger charge is 2.29. The lowest BCUT2D eigenvalue weighted by Crippen LogP contribution is -2.39. The fraction of sp³-hybridized carbons (Fsp3) is 0.292. The van der Waals surface area contributed by atoms with Crippen molar-refractivity contribution >= 4 is 11.9 Å². The molecule has 0 saturated carbocycles. The Balaban J connectivity index is 1.50. The molecule has 2 aromatic carbocycles. The van der Waals surface area contributed by atoms with Crippen LogP contribution in [0.2, 0.25) is 0 Å². The van der Waals surface area contributed by atoms with Crippen LogP contribution in [-0.2, 0) is 17.7 Å². The number of amides is 1. The Bertz CT molecular complexity index is 1120. The summed E-state index contributed by atoms with van der Waals surface area (Å²) in [5.74, 6) is 0.382. The predicted molar refractivity (Wildman–Crippen MR) is 116 cm³/mol. The first kappa shape index (κ1) is 20.4. The van der Waals surface area contributed by atoms with Gasteiger partial charge in [0.15, 0.2) is 11.6 Å². The van der Waals surface area contributed by atoms with E-state index >= 15 is 0 Å². The van der Waals surface area contributed by atoms with Crippen LogP contribution in [0.25, 0.3) is 0 Å². The predicted octanol–water partition coefficient (Wildman–Crippen LogP) is 3.44. The molecule has 0 spiro atoms. The molecule has 0 unspecified atom stereocenters. The van der Waals surface area contributed by atoms with Gasteiger partial charge in [-0.25, -0.2) is 9.37 Å². The van der Waals surface area contributed by atoms with E-state index < -0.39 is 5.82 Å². The number of para-hydroxylation sites is 1. The van der Waals surface area contributed by atoms with Crippen molar-refractivity contribution in [2.75, 3.05) is 37.7 Å². The normalized spacial score (nSPS) is 15.9. The van der Waals surface area contributed by atoms with Crippen LogP contribution in [0.3, 0.4) is 0 Å². The maximum atomic E-state index is 14.3. The Morgan fingerprint density at radius 3 is 2.50 bits per heavy atom. The smallest absolute Gasteiger partial charge is 0.254 e. The summed E-state index contributed by atoms with van der Waals surface area (Å²) < 4.78 is 25.7. The molecule has 3 heterocycles. The summed E-state index contributed by atoms with van der Waals surface area (Å²) in [5, 5.41) is 0. The van der Waals surface area contributed by atoms with Crippen LogP contribution < -0.4 is 9.64 Å². The number of aromatic nitrogens is 2. The van der Waals surface area contributed by atoms with E-state index in [4.69, 9.17) is 14.5 Å². The van der Waals surface area contributed by atoms with E-state index in [1.54, 1.807) is 35.2 Å². The van der Waals surface area contributed by atoms with E-state index in [2.05, 4.69) is 4.98 Å². The molecule has 1 amide bonds. The monoisotopic (exact) mass is 434 g/mol. The summed E-state index contributed by atoms with van der Waals surface area (Å²) in [4.78, 5) is 26.2. The number of carbonyl (C=O) groups excluding carboxylic acids is 1. The van der Waals surface area contributed by atoms with Gasteiger partial charge in [0, 0.05) is 31.6 Å². The van der Waals surface area contributed by atoms with Crippen LogP contribution >= 0.6 is 0 Å². The molecule has 0 atom stereocenters. The first-order valence-corrected chi connectivity index (χ1v) is 10.7. The van der Waals surface area contributed by atoms with Crippen molar-refractivity contribution in [2.45, 2.75) is 13.0 Å². The van der Waals surface area contributed by atoms with Gasteiger partial charge < -0.3 is 19.3 Å². The standard InChI is InChI=1S/C24H23FN4O3/c25-19-8-4-5-9-21(19)32-22-18-16-29(23(30)17-6-2-1-3-7-17)11-10-20(18)26-24(27-22)28-12-14-31-15-13-28/h1-9H,10-16H2. The van der Waals surface area contributed by atoms with Crippen LogP contribution in [0.15, 0.2) is 54.6 Å². The molecule has 7 nitrogen and oxygen atoms in total. The Morgan fingerprint density at radius 1 is 0.969 bits per heavy atom. The summed E-state index contributed by atoms with van der Waals surface area (Å²) >= 11 is 0. The zero-order chi connectivity index (χ0) is 21.9. The fourth-order valence-electron chi connectivity index (χ4n) is 3.93. The minimum Gasteiger partial charge on any atom is -0.435 e. The lowest BCUT2D eigenvalue weighted by atomic mass is 10.1. The molecule has 1 saturated heterocycles. The second kappa shape index (κ2) is 8.92. The van der Waals surface area contributed by atoms with Gasteiger partial charge in [-0.2, -0.15) is 4.98 Å². The van der Waals surface area contributed by atoms with Gasteiger partial charge >= 0.3 is 0 Å². The van der Waals surface area contributed by atoms with Crippen LogP contribution in [0.1, 0.15) is 21.6 Å². The highest BCUT2D eigenvalue weighted by atomic mass is 19.1. The SMILES string of the molecule is O=C(c1ccccc1)N1CCc2nc(N3CCOCC3)nc(Oc3ccccc3F)c2C1. The molecule has 0 radical (unpaired) electrons. The van der Waals surface area contributed by atoms with Gasteiger partial charge in [-0.05, 0) is 24.3 Å². The number of nitrogens with zero attached hydrogens (tertiary/aromatic N) is 4. The number of halogens is 1. The maximum absolute atomic E-state index is 14.3. The van der Waals surface area contributed by atoms with Crippen LogP contribution in [0, 0.1) is 5.82 Å². The molecule has 3 aromatic rings. The minimum atomic E-state index is -0.471. The van der Waals surface area contributed by atoms with Crippen LogP contribution in [0.4, 0.5) is 10.3 Å². The molecule has 164 valence electrons. The first-order valence-electron chi connectivity index (χ1n) is 10.7. The van der Waals surface area contributed by atoms with Gasteiger partial charge in [0.05, 0.1) is 31.0 Å². The number of fused-ring (bicyclic) bond motifs is 1. The summed E-state index contributed by atoms with van der Waals surface area (Å²) in [6.45, 7) is 3.40. The number of rotatable bonds is 4. The number of ether oxygens (including phenoxy) is 2. The van der Waals surface area contributed by atoms with Crippen molar-refractivity contribution < 1.29 is 18.7 Å². The lowest BCUT2D eigenvalue weighted by Gasteiger charge is -2.32. The molecule has 2 aliphatic rings. The fourth-order valence-corrected chi connectivity index (χ4v) is 3.93. The molecule has 32 heavy (non-hydrogen) atoms. The van der Waals surface area contributed by atoms with E-state index in [0.717, 1.165) is 5.69 Å². The van der Waals surface area contributed by atoms with Gasteiger partial charge in [-0.1, -0.05) is 30.3 Å². The van der Waals surface area contributed by atoms with Crippen molar-refractivity contribution in [2.24, 2.45) is 0 Å². The minimum absolute atomic E-state index is 0.0645. The van der Waals surface area contributed by atoms with Gasteiger partial charge in [-0.3, -0.25) is 4.79 Å². The number of morpholine rings is 1. The summed E-state index contributed by atoms with van der Waals surface area (Å²) in [7, 11) is 0. The summed E-state index contributed by atoms with van der Waals surface area (Å²) in [6.07, 6.45) is 0.571. The number of anilines is 1. The Morgan fingerprint density at radius 2 is 1.72 bits per heavy atom. The third kappa shape index (κ3) is 4.13. The molecular weight excluding hydrogens is 411 g/mol. The number of hydrogen-bond acceptors (Lipinski definition) is 6. The van der Waals surface area contributed by atoms with E-state index in [-0.39, 0.29) is 17.5 Å². The highest BCUT2D eigenvalue weighted by Crippen LogP contribution is 2.33. The molecule has 8 heteroatoms. The van der Waals surface area contributed by atoms with Crippen molar-refractivity contribution in [3.05, 3.63) is 77.2 Å². The quantitative estimate of drug-likeness (QED) is 0.627. The molecular formula is C24H23FN4O3. The van der Waals surface area contributed by atoms with E-state index in [1.807, 2.05) is 23.1 Å². The zero-order valence-electron chi connectivity index (χ0n) is 17.5. The van der Waals surface area contributed by atoms with Crippen molar-refractivity contribution in [3.63, 3.8) is 0 Å². The lowest BCUT2D eigenvalue weighted by molar-refractivity contribution is 0.0731. The average Bonchev–Trinajstić information content (AvgIpc) is 2.85. The molecule has 0 aliphatic carbocycles. The first-order chi connectivity index (χ1) is 15.7. The van der Waals surface area contributed by atoms with E-state index in [9.17, 15) is 9.18 Å². The Hall–Kier alpha value is -3.52. The van der Waals surface area contributed by atoms with Gasteiger partial charge in [-0.15, -0.1) is 0 Å². The molecule has 0 N–H and O–H groups in total. The summed E-state index contributed by atoms with van der Waals surface area (Å²) in [5.41, 5.74) is 2.16. The number of carbonyl (C=O) groups is 1. The second-order valence-corrected chi connectivity index (χ2v) is 7.73. The topological polar surface area (TPSA) is 67.8 Å². The number of hydrogen-bond donors (Lipinski definition) is 0. The number of benzene rings is 2. The molecule has 2 aliphatic heterocycles. The molecule has 1 fully saturated rings.